The number of nitrogen functional groups attached to an aromatic ring is 1. The molecule has 0 radical (unpaired) electrons. The van der Waals surface area contributed by atoms with E-state index in [4.69, 9.17) is 19.9 Å². The third kappa shape index (κ3) is 13.1. The number of ether oxygens (including phenoxy) is 3. The van der Waals surface area contributed by atoms with Gasteiger partial charge in [0.2, 0.25) is 0 Å². The third-order valence-corrected chi connectivity index (χ3v) is 6.15. The van der Waals surface area contributed by atoms with Gasteiger partial charge in [-0.3, -0.25) is 9.78 Å². The van der Waals surface area contributed by atoms with Gasteiger partial charge in [-0.05, 0) is 107 Å². The van der Waals surface area contributed by atoms with Crippen LogP contribution < -0.4 is 35.9 Å². The van der Waals surface area contributed by atoms with Gasteiger partial charge in [-0.15, -0.1) is 0 Å². The Morgan fingerprint density at radius 2 is 1.17 bits per heavy atom. The molecule has 46 heavy (non-hydrogen) atoms. The molecule has 3 aromatic carbocycles. The molecule has 0 aliphatic rings. The number of likely N-dealkylation sites (N-methyl/N-ethyl adjacent to an activating group) is 2. The Morgan fingerprint density at radius 1 is 0.696 bits per heavy atom. The van der Waals surface area contributed by atoms with Crippen LogP contribution in [-0.2, 0) is 0 Å². The molecule has 5 N–H and O–H groups in total. The van der Waals surface area contributed by atoms with Gasteiger partial charge in [-0.1, -0.05) is 0 Å². The van der Waals surface area contributed by atoms with Crippen LogP contribution in [0.5, 0.6) is 23.0 Å². The molecule has 0 aliphatic carbocycles. The van der Waals surface area contributed by atoms with E-state index in [1.54, 1.807) is 48.5 Å². The maximum atomic E-state index is 12.3. The summed E-state index contributed by atoms with van der Waals surface area (Å²) in [4.78, 5) is 32.1. The average molecular weight is 630 g/mol. The number of carbonyl (C=O) groups excluding carboxylic acids is 2. The van der Waals surface area contributed by atoms with E-state index in [1.165, 1.54) is 13.2 Å². The molecular weight excluding hydrogens is 586 g/mol. The Balaban J connectivity index is 0.000000370. The van der Waals surface area contributed by atoms with Crippen molar-refractivity contribution in [2.24, 2.45) is 0 Å². The number of urea groups is 1. The lowest BCUT2D eigenvalue weighted by molar-refractivity contribution is 0.0957. The molecule has 4 aromatic rings. The zero-order chi connectivity index (χ0) is 33.3. The van der Waals surface area contributed by atoms with Crippen molar-refractivity contribution in [3.8, 4) is 23.0 Å². The van der Waals surface area contributed by atoms with Crippen LogP contribution in [-0.4, -0.2) is 88.3 Å². The highest BCUT2D eigenvalue weighted by atomic mass is 16.5. The maximum absolute atomic E-state index is 12.3. The first kappa shape index (κ1) is 35.2. The number of nitrogens with two attached hydrogens (primary N) is 1. The van der Waals surface area contributed by atoms with Crippen LogP contribution in [0.25, 0.3) is 0 Å². The van der Waals surface area contributed by atoms with Gasteiger partial charge in [0.1, 0.15) is 41.9 Å². The Morgan fingerprint density at radius 3 is 1.65 bits per heavy atom. The Labute approximate surface area is 270 Å². The number of aromatic nitrogens is 1. The van der Waals surface area contributed by atoms with E-state index in [0.717, 1.165) is 30.3 Å². The number of carbonyl (C=O) groups is 2. The fourth-order valence-corrected chi connectivity index (χ4v) is 3.65. The van der Waals surface area contributed by atoms with Crippen LogP contribution in [0.4, 0.5) is 21.9 Å². The minimum absolute atomic E-state index is 0.262. The number of amides is 3. The van der Waals surface area contributed by atoms with Gasteiger partial charge in [0, 0.05) is 49.5 Å². The van der Waals surface area contributed by atoms with E-state index < -0.39 is 0 Å². The second kappa shape index (κ2) is 18.5. The molecule has 12 heteroatoms. The van der Waals surface area contributed by atoms with Gasteiger partial charge in [0.05, 0.1) is 0 Å². The smallest absolute Gasteiger partial charge is 0.323 e. The van der Waals surface area contributed by atoms with Gasteiger partial charge >= 0.3 is 6.03 Å². The first-order chi connectivity index (χ1) is 22.1. The molecular formula is C34H43N7O5. The molecule has 244 valence electrons. The van der Waals surface area contributed by atoms with Gasteiger partial charge in [0.25, 0.3) is 5.91 Å². The number of rotatable bonds is 13. The third-order valence-electron chi connectivity index (χ3n) is 6.15. The summed E-state index contributed by atoms with van der Waals surface area (Å²) in [6.07, 6.45) is 1.50. The average Bonchev–Trinajstić information content (AvgIpc) is 3.03. The van der Waals surface area contributed by atoms with E-state index in [1.807, 2.05) is 69.5 Å². The van der Waals surface area contributed by atoms with Crippen LogP contribution in [0, 0.1) is 0 Å². The van der Waals surface area contributed by atoms with Crippen molar-refractivity contribution in [1.82, 2.24) is 20.1 Å². The van der Waals surface area contributed by atoms with Gasteiger partial charge in [-0.25, -0.2) is 4.79 Å². The van der Waals surface area contributed by atoms with Gasteiger partial charge in [-0.2, -0.15) is 0 Å². The quantitative estimate of drug-likeness (QED) is 0.150. The minimum Gasteiger partial charge on any atom is -0.492 e. The van der Waals surface area contributed by atoms with Crippen molar-refractivity contribution in [3.63, 3.8) is 0 Å². The zero-order valence-corrected chi connectivity index (χ0v) is 26.9. The summed E-state index contributed by atoms with van der Waals surface area (Å²) in [5.41, 5.74) is 7.82. The number of hydrogen-bond acceptors (Lipinski definition) is 9. The minimum atomic E-state index is -0.366. The monoisotopic (exact) mass is 629 g/mol. The number of benzene rings is 3. The first-order valence-corrected chi connectivity index (χ1v) is 14.7. The summed E-state index contributed by atoms with van der Waals surface area (Å²) in [5.74, 6) is 2.36. The zero-order valence-electron chi connectivity index (χ0n) is 26.9. The van der Waals surface area contributed by atoms with Crippen molar-refractivity contribution in [2.45, 2.75) is 0 Å². The van der Waals surface area contributed by atoms with Crippen LogP contribution in [0.15, 0.2) is 91.1 Å². The number of hydrogen-bond donors (Lipinski definition) is 4. The van der Waals surface area contributed by atoms with Crippen molar-refractivity contribution in [2.75, 3.05) is 77.9 Å². The molecule has 12 nitrogen and oxygen atoms in total. The molecule has 0 saturated carbocycles. The lowest BCUT2D eigenvalue weighted by Crippen LogP contribution is -2.20. The topological polar surface area (TPSA) is 143 Å². The Bertz CT molecular complexity index is 1500. The number of nitrogens with one attached hydrogen (secondary N) is 3. The number of anilines is 3. The predicted octanol–water partition coefficient (Wildman–Crippen LogP) is 5.03. The molecule has 0 aliphatic heterocycles. The van der Waals surface area contributed by atoms with E-state index in [2.05, 4.69) is 25.8 Å². The largest absolute Gasteiger partial charge is 0.492 e. The molecule has 0 atom stereocenters. The maximum Gasteiger partial charge on any atom is 0.323 e. The van der Waals surface area contributed by atoms with E-state index in [9.17, 15) is 9.59 Å². The second-order valence-electron chi connectivity index (χ2n) is 10.6. The van der Waals surface area contributed by atoms with Crippen molar-refractivity contribution in [3.05, 3.63) is 96.8 Å². The molecule has 3 amide bonds. The fraction of sp³-hybridized carbons (Fsp3) is 0.265. The SMILES string of the molecule is CN(C)CCOc1ccc(N)cc1.CNC(=O)c1cc(Oc2ccc(NC(=O)Nc3ccc(OCCN(C)C)cc3)cc2)ccn1. The van der Waals surface area contributed by atoms with E-state index in [-0.39, 0.29) is 17.6 Å². The second-order valence-corrected chi connectivity index (χ2v) is 10.6. The van der Waals surface area contributed by atoms with Crippen LogP contribution in [0.1, 0.15) is 10.5 Å². The van der Waals surface area contributed by atoms with Gasteiger partial charge < -0.3 is 45.7 Å². The van der Waals surface area contributed by atoms with Crippen LogP contribution in [0.2, 0.25) is 0 Å². The lowest BCUT2D eigenvalue weighted by atomic mass is 10.3. The van der Waals surface area contributed by atoms with Gasteiger partial charge in [0.15, 0.2) is 0 Å². The van der Waals surface area contributed by atoms with Crippen LogP contribution >= 0.6 is 0 Å². The molecule has 0 fully saturated rings. The van der Waals surface area contributed by atoms with Crippen molar-refractivity contribution in [1.29, 1.82) is 0 Å². The molecule has 0 spiro atoms. The van der Waals surface area contributed by atoms with E-state index in [0.29, 0.717) is 36.1 Å². The fourth-order valence-electron chi connectivity index (χ4n) is 3.65. The summed E-state index contributed by atoms with van der Waals surface area (Å²) >= 11 is 0. The highest BCUT2D eigenvalue weighted by Crippen LogP contribution is 2.23. The Kier molecular flexibility index (Phi) is 14.1. The Hall–Kier alpha value is -5.33. The highest BCUT2D eigenvalue weighted by molar-refractivity contribution is 5.99. The summed E-state index contributed by atoms with van der Waals surface area (Å²) in [5, 5.41) is 8.07. The van der Waals surface area contributed by atoms with E-state index >= 15 is 0 Å². The summed E-state index contributed by atoms with van der Waals surface area (Å²) in [6, 6.07) is 24.3. The van der Waals surface area contributed by atoms with Crippen LogP contribution in [0.3, 0.4) is 0 Å². The normalized spacial score (nSPS) is 10.4. The lowest BCUT2D eigenvalue weighted by Gasteiger charge is -2.12. The summed E-state index contributed by atoms with van der Waals surface area (Å²) in [6.45, 7) is 3.05. The predicted molar refractivity (Wildman–Crippen MR) is 182 cm³/mol. The summed E-state index contributed by atoms with van der Waals surface area (Å²) < 4.78 is 16.9. The number of pyridine rings is 1. The first-order valence-electron chi connectivity index (χ1n) is 14.7. The summed E-state index contributed by atoms with van der Waals surface area (Å²) in [7, 11) is 9.55. The molecule has 4 rings (SSSR count). The highest BCUT2D eigenvalue weighted by Gasteiger charge is 2.08. The number of nitrogens with zero attached hydrogens (tertiary/aromatic N) is 3. The van der Waals surface area contributed by atoms with Crippen molar-refractivity contribution >= 4 is 29.0 Å². The van der Waals surface area contributed by atoms with Crippen molar-refractivity contribution < 1.29 is 23.8 Å². The molecule has 1 aromatic heterocycles. The molecule has 1 heterocycles. The standard InChI is InChI=1S/C24H27N5O4.C10H16N2O/c1-25-23(30)22-16-21(12-13-26-22)33-20-10-6-18(7-11-20)28-24(31)27-17-4-8-19(9-5-17)32-15-14-29(2)3;1-12(2)7-8-13-10-5-3-9(11)4-6-10/h4-13,16H,14-15H2,1-3H3,(H,25,30)(H2,27,28,31);3-6H,7-8,11H2,1-2H3. The molecule has 0 saturated heterocycles. The molecule has 0 bridgehead atoms. The molecule has 0 unspecified atom stereocenters.